The number of halogens is 3. The number of amides is 1. The molecule has 40 heavy (non-hydrogen) atoms. The first-order valence-electron chi connectivity index (χ1n) is 13.4. The van der Waals surface area contributed by atoms with E-state index in [9.17, 15) is 18.0 Å². The number of carbonyl (C=O) groups is 1. The topological polar surface area (TPSA) is 111 Å². The Balaban J connectivity index is 1.33. The van der Waals surface area contributed by atoms with E-state index in [-0.39, 0.29) is 18.2 Å². The highest BCUT2D eigenvalue weighted by molar-refractivity contribution is 5.92. The maximum absolute atomic E-state index is 13.0. The molecule has 2 aromatic heterocycles. The molecule has 4 aromatic rings. The molecule has 0 atom stereocenters. The number of aryl methyl sites for hydroxylation is 2. The van der Waals surface area contributed by atoms with Crippen LogP contribution in [-0.2, 0) is 30.9 Å². The van der Waals surface area contributed by atoms with Crippen molar-refractivity contribution in [3.05, 3.63) is 65.5 Å². The zero-order chi connectivity index (χ0) is 28.4. The molecule has 0 unspecified atom stereocenters. The molecule has 210 valence electrons. The minimum Gasteiger partial charge on any atom is -0.351 e. The van der Waals surface area contributed by atoms with E-state index in [4.69, 9.17) is 10.7 Å². The van der Waals surface area contributed by atoms with Crippen LogP contribution in [0, 0.1) is 0 Å². The van der Waals surface area contributed by atoms with E-state index in [1.807, 2.05) is 18.3 Å². The predicted octanol–water partition coefficient (Wildman–Crippen LogP) is 5.47. The van der Waals surface area contributed by atoms with E-state index in [0.29, 0.717) is 17.7 Å². The number of fused-ring (bicyclic) bond motifs is 1. The van der Waals surface area contributed by atoms with Gasteiger partial charge in [0.1, 0.15) is 0 Å². The molecule has 4 N–H and O–H groups in total. The number of benzene rings is 2. The maximum Gasteiger partial charge on any atom is 0.416 e. The van der Waals surface area contributed by atoms with Crippen molar-refractivity contribution < 1.29 is 18.0 Å². The minimum absolute atomic E-state index is 0.0808. The second kappa shape index (κ2) is 11.2. The van der Waals surface area contributed by atoms with Crippen LogP contribution < -0.4 is 16.4 Å². The van der Waals surface area contributed by atoms with Gasteiger partial charge in [0.05, 0.1) is 28.9 Å². The van der Waals surface area contributed by atoms with Crippen LogP contribution in [-0.4, -0.2) is 37.7 Å². The summed E-state index contributed by atoms with van der Waals surface area (Å²) in [6.45, 7) is 2.07. The molecule has 0 aliphatic heterocycles. The zero-order valence-electron chi connectivity index (χ0n) is 22.4. The molecule has 8 nitrogen and oxygen atoms in total. The lowest BCUT2D eigenvalue weighted by Crippen LogP contribution is -2.33. The first kappa shape index (κ1) is 27.6. The van der Waals surface area contributed by atoms with Crippen LogP contribution in [0.2, 0.25) is 0 Å². The summed E-state index contributed by atoms with van der Waals surface area (Å²) < 4.78 is 40.7. The number of rotatable bonds is 7. The number of carbonyl (C=O) groups excluding carboxylic acids is 1. The summed E-state index contributed by atoms with van der Waals surface area (Å²) in [5.74, 6) is 0.162. The maximum atomic E-state index is 13.0. The van der Waals surface area contributed by atoms with Crippen LogP contribution in [0.3, 0.4) is 0 Å². The van der Waals surface area contributed by atoms with Gasteiger partial charge in [0.15, 0.2) is 0 Å². The van der Waals surface area contributed by atoms with Gasteiger partial charge < -0.3 is 16.4 Å². The molecular formula is C29H32F3N7O. The molecule has 5 rings (SSSR count). The molecule has 11 heteroatoms. The van der Waals surface area contributed by atoms with Crippen molar-refractivity contribution in [2.75, 3.05) is 10.6 Å². The number of hydrogen-bond acceptors (Lipinski definition) is 6. The van der Waals surface area contributed by atoms with Crippen LogP contribution in [0.25, 0.3) is 22.2 Å². The van der Waals surface area contributed by atoms with Gasteiger partial charge in [0.25, 0.3) is 0 Å². The molecule has 1 aliphatic rings. The molecule has 0 radical (unpaired) electrons. The summed E-state index contributed by atoms with van der Waals surface area (Å²) in [5.41, 5.74) is 9.46. The summed E-state index contributed by atoms with van der Waals surface area (Å²) in [4.78, 5) is 22.0. The number of alkyl halides is 3. The lowest BCUT2D eigenvalue weighted by atomic mass is 9.92. The second-order valence-electron chi connectivity index (χ2n) is 10.3. The molecule has 1 aliphatic carbocycles. The normalized spacial score (nSPS) is 17.6. The third-order valence-corrected chi connectivity index (χ3v) is 7.29. The lowest BCUT2D eigenvalue weighted by Gasteiger charge is -2.26. The largest absolute Gasteiger partial charge is 0.416 e. The number of anilines is 2. The van der Waals surface area contributed by atoms with E-state index >= 15 is 0 Å². The first-order chi connectivity index (χ1) is 19.1. The number of hydrogen-bond donors (Lipinski definition) is 3. The van der Waals surface area contributed by atoms with Crippen LogP contribution in [0.4, 0.5) is 24.8 Å². The fourth-order valence-corrected chi connectivity index (χ4v) is 5.18. The molecule has 2 heterocycles. The number of nitrogens with zero attached hydrogens (tertiary/aromatic N) is 4. The zero-order valence-corrected chi connectivity index (χ0v) is 22.4. The van der Waals surface area contributed by atoms with E-state index in [1.165, 1.54) is 12.1 Å². The Morgan fingerprint density at radius 1 is 1.12 bits per heavy atom. The SMILES string of the molecule is CCc1cc(-c2cc(CC(=O)Nc3cccc(C(F)(F)F)c3)nn2C)cc2cnc(N[C@H]3CC[C@H](N)CC3)nc12. The van der Waals surface area contributed by atoms with Gasteiger partial charge in [-0.2, -0.15) is 18.3 Å². The van der Waals surface area contributed by atoms with Crippen LogP contribution in [0.1, 0.15) is 49.4 Å². The van der Waals surface area contributed by atoms with Gasteiger partial charge in [-0.3, -0.25) is 9.48 Å². The van der Waals surface area contributed by atoms with Gasteiger partial charge in [0.2, 0.25) is 11.9 Å². The molecule has 1 fully saturated rings. The van der Waals surface area contributed by atoms with Crippen molar-refractivity contribution in [2.24, 2.45) is 12.8 Å². The van der Waals surface area contributed by atoms with Gasteiger partial charge in [-0.15, -0.1) is 0 Å². The Morgan fingerprint density at radius 2 is 1.90 bits per heavy atom. The smallest absolute Gasteiger partial charge is 0.351 e. The third-order valence-electron chi connectivity index (χ3n) is 7.29. The molecule has 1 amide bonds. The van der Waals surface area contributed by atoms with E-state index in [2.05, 4.69) is 33.7 Å². The van der Waals surface area contributed by atoms with E-state index in [0.717, 1.165) is 72.0 Å². The number of aromatic nitrogens is 4. The summed E-state index contributed by atoms with van der Waals surface area (Å²) in [7, 11) is 1.79. The first-order valence-corrected chi connectivity index (χ1v) is 13.4. The van der Waals surface area contributed by atoms with E-state index < -0.39 is 17.6 Å². The van der Waals surface area contributed by atoms with Crippen molar-refractivity contribution in [1.82, 2.24) is 19.7 Å². The van der Waals surface area contributed by atoms with Gasteiger partial charge in [-0.05, 0) is 74.1 Å². The van der Waals surface area contributed by atoms with Crippen LogP contribution in [0.15, 0.2) is 48.7 Å². The third kappa shape index (κ3) is 6.25. The fourth-order valence-electron chi connectivity index (χ4n) is 5.18. The summed E-state index contributed by atoms with van der Waals surface area (Å²) >= 11 is 0. The second-order valence-corrected chi connectivity index (χ2v) is 10.3. The molecule has 0 bridgehead atoms. The molecule has 0 spiro atoms. The highest BCUT2D eigenvalue weighted by Crippen LogP contribution is 2.31. The minimum atomic E-state index is -4.49. The van der Waals surface area contributed by atoms with Crippen molar-refractivity contribution in [2.45, 2.75) is 63.7 Å². The molecule has 2 aromatic carbocycles. The quantitative estimate of drug-likeness (QED) is 0.281. The lowest BCUT2D eigenvalue weighted by molar-refractivity contribution is -0.137. The van der Waals surface area contributed by atoms with E-state index in [1.54, 1.807) is 11.7 Å². The monoisotopic (exact) mass is 551 g/mol. The number of nitrogens with one attached hydrogen (secondary N) is 2. The Hall–Kier alpha value is -3.99. The van der Waals surface area contributed by atoms with Crippen molar-refractivity contribution in [3.63, 3.8) is 0 Å². The number of nitrogens with two attached hydrogens (primary N) is 1. The Bertz CT molecular complexity index is 1520. The predicted molar refractivity (Wildman–Crippen MR) is 149 cm³/mol. The van der Waals surface area contributed by atoms with Gasteiger partial charge in [0, 0.05) is 42.0 Å². The van der Waals surface area contributed by atoms with Crippen molar-refractivity contribution in [3.8, 4) is 11.3 Å². The van der Waals surface area contributed by atoms with Gasteiger partial charge in [-0.25, -0.2) is 9.97 Å². The fraction of sp³-hybridized carbons (Fsp3) is 0.379. The van der Waals surface area contributed by atoms with Crippen LogP contribution in [0.5, 0.6) is 0 Å². The summed E-state index contributed by atoms with van der Waals surface area (Å²) in [6, 6.07) is 11.0. The average molecular weight is 552 g/mol. The van der Waals surface area contributed by atoms with Crippen LogP contribution >= 0.6 is 0 Å². The van der Waals surface area contributed by atoms with Gasteiger partial charge >= 0.3 is 6.18 Å². The Kier molecular flexibility index (Phi) is 7.75. The van der Waals surface area contributed by atoms with Crippen molar-refractivity contribution in [1.29, 1.82) is 0 Å². The molecular weight excluding hydrogens is 519 g/mol. The standard InChI is InChI=1S/C29H32F3N7O/c1-3-17-11-18(12-19-16-34-28(37-27(17)19)36-22-9-7-21(33)8-10-22)25-14-24(38-39(25)2)15-26(40)35-23-6-4-5-20(13-23)29(30,31)32/h4-6,11-14,16,21-22H,3,7-10,15,33H2,1-2H3,(H,35,40)(H,34,36,37)/t21-,22-. The summed E-state index contributed by atoms with van der Waals surface area (Å²) in [5, 5.41) is 11.4. The Morgan fingerprint density at radius 3 is 2.62 bits per heavy atom. The Labute approximate surface area is 230 Å². The summed E-state index contributed by atoms with van der Waals surface area (Å²) in [6.07, 6.45) is 2.02. The highest BCUT2D eigenvalue weighted by atomic mass is 19.4. The van der Waals surface area contributed by atoms with Crippen molar-refractivity contribution >= 4 is 28.4 Å². The molecule has 0 saturated heterocycles. The highest BCUT2D eigenvalue weighted by Gasteiger charge is 2.30. The van der Waals surface area contributed by atoms with Gasteiger partial charge in [-0.1, -0.05) is 13.0 Å². The average Bonchev–Trinajstić information content (AvgIpc) is 3.28. The molecule has 1 saturated carbocycles.